The van der Waals surface area contributed by atoms with Gasteiger partial charge in [-0.2, -0.15) is 5.26 Å². The van der Waals surface area contributed by atoms with Crippen LogP contribution in [0.15, 0.2) is 24.4 Å². The molecule has 0 spiro atoms. The molecule has 3 rings (SSSR count). The van der Waals surface area contributed by atoms with Crippen molar-refractivity contribution in [2.24, 2.45) is 0 Å². The molecule has 0 bridgehead atoms. The van der Waals surface area contributed by atoms with Crippen LogP contribution < -0.4 is 10.1 Å². The van der Waals surface area contributed by atoms with Gasteiger partial charge in [0.15, 0.2) is 0 Å². The zero-order chi connectivity index (χ0) is 15.6. The third kappa shape index (κ3) is 2.68. The van der Waals surface area contributed by atoms with Crippen molar-refractivity contribution in [1.29, 1.82) is 5.26 Å². The first-order valence-electron chi connectivity index (χ1n) is 7.67. The lowest BCUT2D eigenvalue weighted by Crippen LogP contribution is -2.55. The number of nitrogens with one attached hydrogen (secondary N) is 2. The summed E-state index contributed by atoms with van der Waals surface area (Å²) in [5.74, 6) is 0.842. The van der Waals surface area contributed by atoms with Crippen molar-refractivity contribution < 1.29 is 4.74 Å². The van der Waals surface area contributed by atoms with E-state index < -0.39 is 5.54 Å². The summed E-state index contributed by atoms with van der Waals surface area (Å²) < 4.78 is 5.32. The summed E-state index contributed by atoms with van der Waals surface area (Å²) in [5.41, 5.74) is 1.76. The molecule has 1 aliphatic heterocycles. The van der Waals surface area contributed by atoms with Gasteiger partial charge in [-0.05, 0) is 30.7 Å². The molecule has 5 nitrogen and oxygen atoms in total. The van der Waals surface area contributed by atoms with Crippen molar-refractivity contribution in [1.82, 2.24) is 15.2 Å². The first-order valence-corrected chi connectivity index (χ1v) is 7.67. The lowest BCUT2D eigenvalue weighted by Gasteiger charge is -2.38. The molecule has 0 saturated carbocycles. The molecular weight excluding hydrogens is 276 g/mol. The van der Waals surface area contributed by atoms with E-state index in [9.17, 15) is 5.26 Å². The third-order valence-corrected chi connectivity index (χ3v) is 4.57. The molecule has 1 aromatic carbocycles. The van der Waals surface area contributed by atoms with Crippen LogP contribution in [0, 0.1) is 11.3 Å². The number of rotatable bonds is 4. The fraction of sp³-hybridized carbons (Fsp3) is 0.471. The van der Waals surface area contributed by atoms with Gasteiger partial charge >= 0.3 is 0 Å². The van der Waals surface area contributed by atoms with E-state index >= 15 is 0 Å². The molecule has 0 amide bonds. The Morgan fingerprint density at radius 3 is 2.82 bits per heavy atom. The molecule has 1 atom stereocenters. The maximum atomic E-state index is 9.76. The number of methoxy groups -OCH3 is 1. The molecule has 2 aromatic rings. The van der Waals surface area contributed by atoms with Crippen LogP contribution in [-0.2, 0) is 6.42 Å². The Balaban J connectivity index is 1.91. The van der Waals surface area contributed by atoms with E-state index in [1.54, 1.807) is 7.11 Å². The van der Waals surface area contributed by atoms with Gasteiger partial charge in [0.1, 0.15) is 11.3 Å². The number of fused-ring (bicyclic) bond motifs is 1. The Labute approximate surface area is 130 Å². The fourth-order valence-electron chi connectivity index (χ4n) is 3.18. The highest BCUT2D eigenvalue weighted by Gasteiger charge is 2.33. The Hall–Kier alpha value is -2.03. The molecule has 1 saturated heterocycles. The van der Waals surface area contributed by atoms with E-state index in [-0.39, 0.29) is 0 Å². The second-order valence-electron chi connectivity index (χ2n) is 6.02. The van der Waals surface area contributed by atoms with Crippen molar-refractivity contribution in [2.45, 2.75) is 18.9 Å². The van der Waals surface area contributed by atoms with Crippen molar-refractivity contribution in [2.75, 3.05) is 33.3 Å². The summed E-state index contributed by atoms with van der Waals surface area (Å²) in [6.07, 6.45) is 2.72. The van der Waals surface area contributed by atoms with E-state index in [0.29, 0.717) is 6.42 Å². The van der Waals surface area contributed by atoms with Gasteiger partial charge in [-0.15, -0.1) is 0 Å². The van der Waals surface area contributed by atoms with Gasteiger partial charge in [0.05, 0.1) is 13.2 Å². The van der Waals surface area contributed by atoms with Crippen LogP contribution in [0.25, 0.3) is 10.9 Å². The first kappa shape index (κ1) is 14.9. The van der Waals surface area contributed by atoms with Gasteiger partial charge in [-0.3, -0.25) is 4.90 Å². The summed E-state index contributed by atoms with van der Waals surface area (Å²) in [7, 11) is 1.67. The molecule has 0 radical (unpaired) electrons. The lowest BCUT2D eigenvalue weighted by atomic mass is 9.91. The average Bonchev–Trinajstić information content (AvgIpc) is 2.97. The van der Waals surface area contributed by atoms with Crippen molar-refractivity contribution in [3.63, 3.8) is 0 Å². The molecule has 1 unspecified atom stereocenters. The number of hydrogen-bond acceptors (Lipinski definition) is 4. The molecule has 2 heterocycles. The summed E-state index contributed by atoms with van der Waals surface area (Å²) in [6.45, 7) is 5.75. The number of aromatic amines is 1. The van der Waals surface area contributed by atoms with Gasteiger partial charge in [0, 0.05) is 49.7 Å². The Morgan fingerprint density at radius 1 is 1.36 bits per heavy atom. The second-order valence-corrected chi connectivity index (χ2v) is 6.02. The predicted molar refractivity (Wildman–Crippen MR) is 87.0 cm³/mol. The predicted octanol–water partition coefficient (Wildman–Crippen LogP) is 1.91. The summed E-state index contributed by atoms with van der Waals surface area (Å²) in [6, 6.07) is 8.54. The first-order chi connectivity index (χ1) is 10.7. The van der Waals surface area contributed by atoms with Crippen molar-refractivity contribution >= 4 is 10.9 Å². The van der Waals surface area contributed by atoms with Crippen molar-refractivity contribution in [3.8, 4) is 11.8 Å². The molecule has 116 valence electrons. The van der Waals surface area contributed by atoms with Crippen LogP contribution in [0.4, 0.5) is 0 Å². The van der Waals surface area contributed by atoms with Crippen LogP contribution in [-0.4, -0.2) is 48.7 Å². The van der Waals surface area contributed by atoms with E-state index in [4.69, 9.17) is 4.74 Å². The van der Waals surface area contributed by atoms with E-state index in [0.717, 1.165) is 48.4 Å². The Kier molecular flexibility index (Phi) is 4.06. The number of aromatic nitrogens is 1. The van der Waals surface area contributed by atoms with E-state index in [1.165, 1.54) is 0 Å². The van der Waals surface area contributed by atoms with Crippen LogP contribution in [0.3, 0.4) is 0 Å². The summed E-state index contributed by atoms with van der Waals surface area (Å²) in [4.78, 5) is 5.57. The van der Waals surface area contributed by atoms with E-state index in [1.807, 2.05) is 31.3 Å². The highest BCUT2D eigenvalue weighted by Crippen LogP contribution is 2.28. The quantitative estimate of drug-likeness (QED) is 0.905. The number of nitrogens with zero attached hydrogens (tertiary/aromatic N) is 2. The topological polar surface area (TPSA) is 64.1 Å². The monoisotopic (exact) mass is 298 g/mol. The SMILES string of the molecule is COc1ccc2[nH]cc(CC(C)(C#N)N3CCNCC3)c2c1. The third-order valence-electron chi connectivity index (χ3n) is 4.57. The normalized spacial score (nSPS) is 18.8. The fourth-order valence-corrected chi connectivity index (χ4v) is 3.18. The van der Waals surface area contributed by atoms with Crippen LogP contribution in [0.5, 0.6) is 5.75 Å². The average molecular weight is 298 g/mol. The highest BCUT2D eigenvalue weighted by atomic mass is 16.5. The highest BCUT2D eigenvalue weighted by molar-refractivity contribution is 5.84. The maximum absolute atomic E-state index is 9.76. The minimum absolute atomic E-state index is 0.486. The zero-order valence-corrected chi connectivity index (χ0v) is 13.1. The Bertz CT molecular complexity index is 696. The van der Waals surface area contributed by atoms with Crippen molar-refractivity contribution in [3.05, 3.63) is 30.0 Å². The maximum Gasteiger partial charge on any atom is 0.119 e. The summed E-state index contributed by atoms with van der Waals surface area (Å²) in [5, 5.41) is 14.2. The van der Waals surface area contributed by atoms with E-state index in [2.05, 4.69) is 21.3 Å². The molecular formula is C17H22N4O. The molecule has 1 aliphatic rings. The number of hydrogen-bond donors (Lipinski definition) is 2. The van der Waals surface area contributed by atoms with Crippen LogP contribution in [0.2, 0.25) is 0 Å². The number of H-pyrrole nitrogens is 1. The smallest absolute Gasteiger partial charge is 0.119 e. The number of ether oxygens (including phenoxy) is 1. The number of benzene rings is 1. The largest absolute Gasteiger partial charge is 0.497 e. The van der Waals surface area contributed by atoms with Crippen LogP contribution in [0.1, 0.15) is 12.5 Å². The molecule has 1 aromatic heterocycles. The summed E-state index contributed by atoms with van der Waals surface area (Å²) >= 11 is 0. The zero-order valence-electron chi connectivity index (χ0n) is 13.1. The van der Waals surface area contributed by atoms with Gasteiger partial charge in [-0.1, -0.05) is 0 Å². The Morgan fingerprint density at radius 2 is 2.14 bits per heavy atom. The van der Waals surface area contributed by atoms with Crippen LogP contribution >= 0.6 is 0 Å². The number of nitriles is 1. The van der Waals surface area contributed by atoms with Gasteiger partial charge < -0.3 is 15.0 Å². The van der Waals surface area contributed by atoms with Gasteiger partial charge in [0.2, 0.25) is 0 Å². The standard InChI is InChI=1S/C17H22N4O/c1-17(12-18,21-7-5-19-6-8-21)10-13-11-20-16-4-3-14(22-2)9-15(13)16/h3-4,9,11,19-20H,5-8,10H2,1-2H3. The molecule has 1 fully saturated rings. The lowest BCUT2D eigenvalue weighted by molar-refractivity contribution is 0.133. The molecule has 5 heteroatoms. The van der Waals surface area contributed by atoms with Gasteiger partial charge in [0.25, 0.3) is 0 Å². The number of piperazine rings is 1. The van der Waals surface area contributed by atoms with Gasteiger partial charge in [-0.25, -0.2) is 0 Å². The second kappa shape index (κ2) is 5.99. The molecule has 2 N–H and O–H groups in total. The minimum atomic E-state index is -0.486. The molecule has 22 heavy (non-hydrogen) atoms. The molecule has 0 aliphatic carbocycles. The minimum Gasteiger partial charge on any atom is -0.497 e.